The highest BCUT2D eigenvalue weighted by atomic mass is 32.2. The smallest absolute Gasteiger partial charge is 0.241 e. The first-order valence-electron chi connectivity index (χ1n) is 6.24. The number of thioether (sulfide) groups is 1. The summed E-state index contributed by atoms with van der Waals surface area (Å²) in [6, 6.07) is 5.74. The molecule has 0 aliphatic carbocycles. The van der Waals surface area contributed by atoms with Crippen molar-refractivity contribution in [3.05, 3.63) is 35.6 Å². The summed E-state index contributed by atoms with van der Waals surface area (Å²) >= 11 is 1.76. The van der Waals surface area contributed by atoms with Crippen LogP contribution >= 0.6 is 11.8 Å². The fourth-order valence-electron chi connectivity index (χ4n) is 1.89. The third-order valence-corrected chi connectivity index (χ3v) is 3.45. The molecule has 0 aliphatic heterocycles. The monoisotopic (exact) mass is 284 g/mol. The molecular formula is C14H21FN2OS. The van der Waals surface area contributed by atoms with E-state index in [1.807, 2.05) is 20.4 Å². The van der Waals surface area contributed by atoms with Gasteiger partial charge in [-0.25, -0.2) is 4.39 Å². The molecule has 0 spiro atoms. The zero-order chi connectivity index (χ0) is 14.3. The summed E-state index contributed by atoms with van der Waals surface area (Å²) in [5.41, 5.74) is 0.673. The Morgan fingerprint density at radius 1 is 1.47 bits per heavy atom. The van der Waals surface area contributed by atoms with Gasteiger partial charge in [-0.15, -0.1) is 0 Å². The number of carbonyl (C=O) groups is 1. The van der Waals surface area contributed by atoms with Crippen LogP contribution in [0.15, 0.2) is 24.3 Å². The molecule has 0 saturated carbocycles. The van der Waals surface area contributed by atoms with Gasteiger partial charge in [-0.1, -0.05) is 12.1 Å². The van der Waals surface area contributed by atoms with Crippen LogP contribution in [0.4, 0.5) is 4.39 Å². The number of carbonyl (C=O) groups excluding carboxylic acids is 1. The second-order valence-corrected chi connectivity index (χ2v) is 5.54. The van der Waals surface area contributed by atoms with E-state index in [-0.39, 0.29) is 11.7 Å². The summed E-state index contributed by atoms with van der Waals surface area (Å²) < 4.78 is 13.3. The van der Waals surface area contributed by atoms with Crippen molar-refractivity contribution in [2.24, 2.45) is 0 Å². The van der Waals surface area contributed by atoms with Crippen molar-refractivity contribution >= 4 is 17.7 Å². The normalized spacial score (nSPS) is 12.5. The van der Waals surface area contributed by atoms with Crippen LogP contribution in [0, 0.1) is 5.82 Å². The van der Waals surface area contributed by atoms with Crippen LogP contribution in [0.3, 0.4) is 0 Å². The molecule has 0 heterocycles. The molecule has 0 fully saturated rings. The Morgan fingerprint density at radius 2 is 2.21 bits per heavy atom. The molecule has 5 heteroatoms. The molecule has 0 saturated heterocycles. The van der Waals surface area contributed by atoms with Crippen molar-refractivity contribution in [2.45, 2.75) is 12.5 Å². The molecule has 1 amide bonds. The number of nitrogens with one attached hydrogen (secondary N) is 1. The Hall–Kier alpha value is -1.07. The lowest BCUT2D eigenvalue weighted by atomic mass is 10.1. The lowest BCUT2D eigenvalue weighted by Gasteiger charge is -2.23. The number of hydrogen-bond acceptors (Lipinski definition) is 3. The molecule has 0 aliphatic rings. The van der Waals surface area contributed by atoms with Crippen molar-refractivity contribution in [3.63, 3.8) is 0 Å². The Bertz CT molecular complexity index is 412. The number of rotatable bonds is 7. The second kappa shape index (κ2) is 8.17. The van der Waals surface area contributed by atoms with Crippen LogP contribution in [0.2, 0.25) is 0 Å². The Balaban J connectivity index is 2.69. The molecule has 1 aromatic carbocycles. The summed E-state index contributed by atoms with van der Waals surface area (Å²) in [6.45, 7) is 0.652. The first-order valence-corrected chi connectivity index (χ1v) is 7.64. The molecule has 1 rings (SSSR count). The highest BCUT2D eigenvalue weighted by Gasteiger charge is 2.22. The van der Waals surface area contributed by atoms with E-state index < -0.39 is 6.04 Å². The summed E-state index contributed by atoms with van der Waals surface area (Å²) in [5.74, 6) is 0.614. The number of likely N-dealkylation sites (N-methyl/N-ethyl adjacent to an activating group) is 1. The molecule has 0 aromatic heterocycles. The van der Waals surface area contributed by atoms with E-state index in [2.05, 4.69) is 5.32 Å². The van der Waals surface area contributed by atoms with E-state index in [4.69, 9.17) is 0 Å². The van der Waals surface area contributed by atoms with Crippen LogP contribution in [-0.4, -0.2) is 43.5 Å². The second-order valence-electron chi connectivity index (χ2n) is 4.56. The maximum atomic E-state index is 13.3. The first kappa shape index (κ1) is 16.0. The SMILES string of the molecule is CSCCCNC(=O)[C@@H](c1cccc(F)c1)N(C)C. The van der Waals surface area contributed by atoms with Gasteiger partial charge in [0.05, 0.1) is 0 Å². The maximum absolute atomic E-state index is 13.3. The van der Waals surface area contributed by atoms with Gasteiger partial charge in [0.25, 0.3) is 0 Å². The fraction of sp³-hybridized carbons (Fsp3) is 0.500. The predicted molar refractivity (Wildman–Crippen MR) is 78.8 cm³/mol. The summed E-state index contributed by atoms with van der Waals surface area (Å²) in [6.07, 6.45) is 2.98. The van der Waals surface area contributed by atoms with Gasteiger partial charge in [-0.05, 0) is 50.2 Å². The standard InChI is InChI=1S/C14H21FN2OS/c1-17(2)13(11-6-4-7-12(15)10-11)14(18)16-8-5-9-19-3/h4,6-7,10,13H,5,8-9H2,1-3H3,(H,16,18)/t13-/m1/s1. The molecule has 19 heavy (non-hydrogen) atoms. The molecule has 1 aromatic rings. The van der Waals surface area contributed by atoms with Crippen molar-refractivity contribution in [3.8, 4) is 0 Å². The van der Waals surface area contributed by atoms with E-state index in [1.165, 1.54) is 12.1 Å². The average Bonchev–Trinajstić information content (AvgIpc) is 2.34. The number of nitrogens with zero attached hydrogens (tertiary/aromatic N) is 1. The van der Waals surface area contributed by atoms with Crippen LogP contribution in [0.25, 0.3) is 0 Å². The minimum Gasteiger partial charge on any atom is -0.354 e. The topological polar surface area (TPSA) is 32.3 Å². The molecule has 0 bridgehead atoms. The number of benzene rings is 1. The van der Waals surface area contributed by atoms with Gasteiger partial charge < -0.3 is 5.32 Å². The van der Waals surface area contributed by atoms with Crippen LogP contribution in [-0.2, 0) is 4.79 Å². The minimum atomic E-state index is -0.454. The van der Waals surface area contributed by atoms with Crippen molar-refractivity contribution in [1.29, 1.82) is 0 Å². The summed E-state index contributed by atoms with van der Waals surface area (Å²) in [4.78, 5) is 14.0. The van der Waals surface area contributed by atoms with E-state index in [1.54, 1.807) is 28.8 Å². The lowest BCUT2D eigenvalue weighted by molar-refractivity contribution is -0.125. The van der Waals surface area contributed by atoms with Gasteiger partial charge in [-0.2, -0.15) is 11.8 Å². The highest BCUT2D eigenvalue weighted by Crippen LogP contribution is 2.19. The van der Waals surface area contributed by atoms with Gasteiger partial charge in [0, 0.05) is 6.54 Å². The maximum Gasteiger partial charge on any atom is 0.241 e. The molecule has 3 nitrogen and oxygen atoms in total. The predicted octanol–water partition coefficient (Wildman–Crippen LogP) is 2.30. The quantitative estimate of drug-likeness (QED) is 0.780. The van der Waals surface area contributed by atoms with Gasteiger partial charge >= 0.3 is 0 Å². The van der Waals surface area contributed by atoms with Crippen molar-refractivity contribution in [2.75, 3.05) is 32.6 Å². The zero-order valence-corrected chi connectivity index (χ0v) is 12.5. The Labute approximate surface area is 118 Å². The molecule has 1 atom stereocenters. The largest absolute Gasteiger partial charge is 0.354 e. The van der Waals surface area contributed by atoms with Gasteiger partial charge in [0.1, 0.15) is 11.9 Å². The molecule has 1 N–H and O–H groups in total. The zero-order valence-electron chi connectivity index (χ0n) is 11.6. The van der Waals surface area contributed by atoms with E-state index in [0.29, 0.717) is 12.1 Å². The lowest BCUT2D eigenvalue weighted by Crippen LogP contribution is -2.37. The Kier molecular flexibility index (Phi) is 6.87. The molecular weight excluding hydrogens is 263 g/mol. The fourth-order valence-corrected chi connectivity index (χ4v) is 2.32. The van der Waals surface area contributed by atoms with Gasteiger partial charge in [0.15, 0.2) is 0 Å². The summed E-state index contributed by atoms with van der Waals surface area (Å²) in [7, 11) is 3.63. The number of hydrogen-bond donors (Lipinski definition) is 1. The third kappa shape index (κ3) is 5.20. The highest BCUT2D eigenvalue weighted by molar-refractivity contribution is 7.98. The van der Waals surface area contributed by atoms with E-state index >= 15 is 0 Å². The summed E-state index contributed by atoms with van der Waals surface area (Å²) in [5, 5.41) is 2.90. The van der Waals surface area contributed by atoms with Crippen molar-refractivity contribution < 1.29 is 9.18 Å². The van der Waals surface area contributed by atoms with Gasteiger partial charge in [-0.3, -0.25) is 9.69 Å². The number of halogens is 1. The molecule has 0 unspecified atom stereocenters. The Morgan fingerprint density at radius 3 is 2.79 bits per heavy atom. The number of amides is 1. The average molecular weight is 284 g/mol. The molecule has 106 valence electrons. The molecule has 0 radical (unpaired) electrons. The third-order valence-electron chi connectivity index (χ3n) is 2.75. The van der Waals surface area contributed by atoms with E-state index in [0.717, 1.165) is 12.2 Å². The van der Waals surface area contributed by atoms with Crippen LogP contribution in [0.1, 0.15) is 18.0 Å². The minimum absolute atomic E-state index is 0.0864. The van der Waals surface area contributed by atoms with Crippen LogP contribution in [0.5, 0.6) is 0 Å². The van der Waals surface area contributed by atoms with Gasteiger partial charge in [0.2, 0.25) is 5.91 Å². The first-order chi connectivity index (χ1) is 9.06. The van der Waals surface area contributed by atoms with E-state index in [9.17, 15) is 9.18 Å². The van der Waals surface area contributed by atoms with Crippen LogP contribution < -0.4 is 5.32 Å². The van der Waals surface area contributed by atoms with Crippen molar-refractivity contribution in [1.82, 2.24) is 10.2 Å².